The predicted octanol–water partition coefficient (Wildman–Crippen LogP) is 3.73. The Labute approximate surface area is 202 Å². The monoisotopic (exact) mass is 493 g/mol. The molecule has 2 aromatic rings. The van der Waals surface area contributed by atoms with Crippen molar-refractivity contribution in [1.29, 1.82) is 5.26 Å². The SMILES string of the molecule is COc1ccc(S(=O)(=O)N(CC(O)C(Cc2ccccc2)NCl)CC(C)(C)CCC#N)cc1. The normalized spacial score (nSPS) is 14.0. The van der Waals surface area contributed by atoms with Crippen molar-refractivity contribution in [2.24, 2.45) is 5.41 Å². The van der Waals surface area contributed by atoms with Gasteiger partial charge in [-0.1, -0.05) is 44.2 Å². The molecular formula is C24H32ClN3O4S. The summed E-state index contributed by atoms with van der Waals surface area (Å²) in [5.41, 5.74) is 0.492. The number of halogens is 1. The molecule has 0 aliphatic rings. The Morgan fingerprint density at radius 2 is 1.82 bits per heavy atom. The van der Waals surface area contributed by atoms with E-state index in [4.69, 9.17) is 21.8 Å². The second-order valence-electron chi connectivity index (χ2n) is 8.77. The van der Waals surface area contributed by atoms with Gasteiger partial charge >= 0.3 is 0 Å². The van der Waals surface area contributed by atoms with Crippen LogP contribution in [0.3, 0.4) is 0 Å². The maximum atomic E-state index is 13.5. The molecule has 33 heavy (non-hydrogen) atoms. The zero-order valence-corrected chi connectivity index (χ0v) is 20.8. The van der Waals surface area contributed by atoms with Crippen LogP contribution in [0.25, 0.3) is 0 Å². The molecule has 0 saturated carbocycles. The fourth-order valence-electron chi connectivity index (χ4n) is 3.55. The molecule has 0 heterocycles. The molecule has 9 heteroatoms. The smallest absolute Gasteiger partial charge is 0.243 e. The van der Waals surface area contributed by atoms with Crippen LogP contribution in [0.5, 0.6) is 5.75 Å². The van der Waals surface area contributed by atoms with Crippen molar-refractivity contribution >= 4 is 21.8 Å². The summed E-state index contributed by atoms with van der Waals surface area (Å²) in [6, 6.07) is 17.2. The predicted molar refractivity (Wildman–Crippen MR) is 129 cm³/mol. The number of methoxy groups -OCH3 is 1. The van der Waals surface area contributed by atoms with Gasteiger partial charge in [0.15, 0.2) is 0 Å². The summed E-state index contributed by atoms with van der Waals surface area (Å²) < 4.78 is 33.5. The topological polar surface area (TPSA) is 103 Å². The highest BCUT2D eigenvalue weighted by Crippen LogP contribution is 2.28. The van der Waals surface area contributed by atoms with Gasteiger partial charge in [-0.3, -0.25) is 0 Å². The highest BCUT2D eigenvalue weighted by atomic mass is 35.5. The van der Waals surface area contributed by atoms with E-state index < -0.39 is 27.6 Å². The Hall–Kier alpha value is -2.15. The highest BCUT2D eigenvalue weighted by Gasteiger charge is 2.34. The van der Waals surface area contributed by atoms with Crippen molar-refractivity contribution < 1.29 is 18.3 Å². The third-order valence-electron chi connectivity index (χ3n) is 5.51. The molecule has 2 atom stereocenters. The maximum Gasteiger partial charge on any atom is 0.243 e. The van der Waals surface area contributed by atoms with Crippen molar-refractivity contribution in [3.8, 4) is 11.8 Å². The number of aliphatic hydroxyl groups excluding tert-OH is 1. The second-order valence-corrected chi connectivity index (χ2v) is 10.9. The van der Waals surface area contributed by atoms with E-state index in [1.165, 1.54) is 23.5 Å². The molecule has 0 bridgehead atoms. The fourth-order valence-corrected chi connectivity index (χ4v) is 5.42. The van der Waals surface area contributed by atoms with Crippen LogP contribution >= 0.6 is 11.8 Å². The molecule has 0 saturated heterocycles. The molecule has 0 fully saturated rings. The average molecular weight is 494 g/mol. The largest absolute Gasteiger partial charge is 0.497 e. The summed E-state index contributed by atoms with van der Waals surface area (Å²) in [7, 11) is -2.42. The van der Waals surface area contributed by atoms with E-state index >= 15 is 0 Å². The standard InChI is InChI=1S/C24H32ClN3O4S/c1-24(2,14-7-15-26)18-28(33(30,31)21-12-10-20(32-3)11-13-21)17-23(29)22(27-25)16-19-8-5-4-6-9-19/h4-6,8-13,22-23,27,29H,7,14,16-18H2,1-3H3. The molecule has 7 nitrogen and oxygen atoms in total. The number of nitrogens with one attached hydrogen (secondary N) is 1. The van der Waals surface area contributed by atoms with E-state index in [1.54, 1.807) is 12.1 Å². The lowest BCUT2D eigenvalue weighted by Crippen LogP contribution is -2.49. The van der Waals surface area contributed by atoms with E-state index in [1.807, 2.05) is 44.2 Å². The summed E-state index contributed by atoms with van der Waals surface area (Å²) in [6.45, 7) is 3.81. The van der Waals surface area contributed by atoms with Gasteiger partial charge in [0.1, 0.15) is 5.75 Å². The highest BCUT2D eigenvalue weighted by molar-refractivity contribution is 7.89. The minimum atomic E-state index is -3.93. The lowest BCUT2D eigenvalue weighted by atomic mass is 9.88. The third kappa shape index (κ3) is 7.98. The Balaban J connectivity index is 2.31. The van der Waals surface area contributed by atoms with Crippen LogP contribution in [0.2, 0.25) is 0 Å². The number of nitriles is 1. The lowest BCUT2D eigenvalue weighted by molar-refractivity contribution is 0.101. The molecular weight excluding hydrogens is 462 g/mol. The lowest BCUT2D eigenvalue weighted by Gasteiger charge is -2.34. The summed E-state index contributed by atoms with van der Waals surface area (Å²) in [6.07, 6.45) is 0.198. The number of aliphatic hydroxyl groups is 1. The number of rotatable bonds is 13. The van der Waals surface area contributed by atoms with Crippen molar-refractivity contribution in [1.82, 2.24) is 9.14 Å². The van der Waals surface area contributed by atoms with E-state index in [2.05, 4.69) is 10.9 Å². The molecule has 180 valence electrons. The van der Waals surface area contributed by atoms with Crippen LogP contribution in [0.15, 0.2) is 59.5 Å². The summed E-state index contributed by atoms with van der Waals surface area (Å²) >= 11 is 5.93. The van der Waals surface area contributed by atoms with Gasteiger partial charge in [-0.25, -0.2) is 13.3 Å². The van der Waals surface area contributed by atoms with Crippen molar-refractivity contribution in [2.75, 3.05) is 20.2 Å². The molecule has 0 aliphatic carbocycles. The molecule has 2 aromatic carbocycles. The zero-order valence-electron chi connectivity index (χ0n) is 19.2. The van der Waals surface area contributed by atoms with Crippen LogP contribution in [0.4, 0.5) is 0 Å². The van der Waals surface area contributed by atoms with Gasteiger partial charge < -0.3 is 9.84 Å². The number of hydrogen-bond donors (Lipinski definition) is 2. The Morgan fingerprint density at radius 3 is 2.36 bits per heavy atom. The van der Waals surface area contributed by atoms with Gasteiger partial charge in [0, 0.05) is 19.5 Å². The average Bonchev–Trinajstić information content (AvgIpc) is 2.81. The molecule has 2 rings (SSSR count). The van der Waals surface area contributed by atoms with Crippen LogP contribution in [0, 0.1) is 16.7 Å². The maximum absolute atomic E-state index is 13.5. The molecule has 0 aromatic heterocycles. The molecule has 0 amide bonds. The van der Waals surface area contributed by atoms with Gasteiger partial charge in [0.05, 0.1) is 30.2 Å². The van der Waals surface area contributed by atoms with Gasteiger partial charge in [0.25, 0.3) is 0 Å². The van der Waals surface area contributed by atoms with Gasteiger partial charge in [-0.05, 0) is 59.9 Å². The van der Waals surface area contributed by atoms with Gasteiger partial charge in [-0.15, -0.1) is 0 Å². The molecule has 2 unspecified atom stereocenters. The first-order valence-electron chi connectivity index (χ1n) is 10.7. The zero-order chi connectivity index (χ0) is 24.5. The Bertz CT molecular complexity index is 1010. The number of benzene rings is 2. The molecule has 0 spiro atoms. The molecule has 0 radical (unpaired) electrons. The Morgan fingerprint density at radius 1 is 1.18 bits per heavy atom. The number of hydrogen-bond acceptors (Lipinski definition) is 6. The second kappa shape index (κ2) is 12.4. The summed E-state index contributed by atoms with van der Waals surface area (Å²) in [5, 5.41) is 20.0. The van der Waals surface area contributed by atoms with Crippen LogP contribution in [-0.4, -0.2) is 50.2 Å². The first-order chi connectivity index (χ1) is 15.6. The summed E-state index contributed by atoms with van der Waals surface area (Å²) in [4.78, 5) is 2.70. The number of nitrogens with zero attached hydrogens (tertiary/aromatic N) is 2. The quantitative estimate of drug-likeness (QED) is 0.412. The fraction of sp³-hybridized carbons (Fsp3) is 0.458. The first-order valence-corrected chi connectivity index (χ1v) is 12.5. The van der Waals surface area contributed by atoms with Crippen LogP contribution in [0.1, 0.15) is 32.3 Å². The van der Waals surface area contributed by atoms with E-state index in [9.17, 15) is 13.5 Å². The summed E-state index contributed by atoms with van der Waals surface area (Å²) in [5.74, 6) is 0.546. The van der Waals surface area contributed by atoms with E-state index in [-0.39, 0.29) is 18.0 Å². The molecule has 2 N–H and O–H groups in total. The van der Waals surface area contributed by atoms with E-state index in [0.29, 0.717) is 25.0 Å². The van der Waals surface area contributed by atoms with Crippen LogP contribution in [-0.2, 0) is 16.4 Å². The first kappa shape index (κ1) is 27.1. The number of sulfonamides is 1. The van der Waals surface area contributed by atoms with Crippen molar-refractivity contribution in [3.63, 3.8) is 0 Å². The molecule has 0 aliphatic heterocycles. The van der Waals surface area contributed by atoms with E-state index in [0.717, 1.165) is 5.56 Å². The minimum Gasteiger partial charge on any atom is -0.497 e. The van der Waals surface area contributed by atoms with Gasteiger partial charge in [0.2, 0.25) is 10.0 Å². The van der Waals surface area contributed by atoms with Crippen molar-refractivity contribution in [3.05, 3.63) is 60.2 Å². The van der Waals surface area contributed by atoms with Crippen molar-refractivity contribution in [2.45, 2.75) is 50.2 Å². The minimum absolute atomic E-state index is 0.102. The van der Waals surface area contributed by atoms with Gasteiger partial charge in [-0.2, -0.15) is 9.57 Å². The van der Waals surface area contributed by atoms with Crippen LogP contribution < -0.4 is 9.57 Å². The third-order valence-corrected chi connectivity index (χ3v) is 7.62. The Kier molecular flexibility index (Phi) is 10.1. The number of ether oxygens (including phenoxy) is 1.